The van der Waals surface area contributed by atoms with Gasteiger partial charge in [0.15, 0.2) is 0 Å². The van der Waals surface area contributed by atoms with Gasteiger partial charge in [-0.1, -0.05) is 18.2 Å². The van der Waals surface area contributed by atoms with Gasteiger partial charge in [0.05, 0.1) is 17.1 Å². The van der Waals surface area contributed by atoms with Gasteiger partial charge in [-0.2, -0.15) is 5.10 Å². The molecule has 1 aliphatic heterocycles. The van der Waals surface area contributed by atoms with Crippen LogP contribution >= 0.6 is 0 Å². The van der Waals surface area contributed by atoms with Crippen molar-refractivity contribution in [2.75, 3.05) is 0 Å². The first-order valence-corrected chi connectivity index (χ1v) is 7.57. The Morgan fingerprint density at radius 2 is 2.13 bits per heavy atom. The minimum atomic E-state index is -0.377. The third kappa shape index (κ3) is 2.14. The summed E-state index contributed by atoms with van der Waals surface area (Å²) < 4.78 is 1.82. The Labute approximate surface area is 132 Å². The molecule has 2 N–H and O–H groups in total. The van der Waals surface area contributed by atoms with E-state index in [1.165, 1.54) is 0 Å². The molecule has 3 heterocycles. The van der Waals surface area contributed by atoms with E-state index in [1.54, 1.807) is 0 Å². The van der Waals surface area contributed by atoms with Crippen LogP contribution in [0.1, 0.15) is 24.5 Å². The number of amides is 2. The number of hydrogen-bond donors (Lipinski definition) is 2. The van der Waals surface area contributed by atoms with Gasteiger partial charge in [0.2, 0.25) is 11.8 Å². The van der Waals surface area contributed by atoms with E-state index >= 15 is 0 Å². The molecule has 6 nitrogen and oxygen atoms in total. The Bertz CT molecular complexity index is 908. The first kappa shape index (κ1) is 13.8. The minimum Gasteiger partial charge on any atom is -0.367 e. The first-order chi connectivity index (χ1) is 11.1. The fraction of sp³-hybridized carbons (Fsp3) is 0.235. The van der Waals surface area contributed by atoms with Gasteiger partial charge in [0.1, 0.15) is 0 Å². The Balaban J connectivity index is 1.89. The second kappa shape index (κ2) is 5.08. The van der Waals surface area contributed by atoms with Crippen molar-refractivity contribution in [1.82, 2.24) is 20.1 Å². The van der Waals surface area contributed by atoms with Crippen LogP contribution in [0.4, 0.5) is 0 Å². The molecule has 6 heteroatoms. The molecule has 1 atom stereocenters. The highest BCUT2D eigenvalue weighted by molar-refractivity contribution is 6.04. The smallest absolute Gasteiger partial charge is 0.235 e. The number of rotatable bonds is 2. The van der Waals surface area contributed by atoms with Crippen LogP contribution in [-0.2, 0) is 16.6 Å². The molecule has 23 heavy (non-hydrogen) atoms. The number of nitrogens with zero attached hydrogens (tertiary/aromatic N) is 2. The van der Waals surface area contributed by atoms with Gasteiger partial charge in [-0.3, -0.25) is 19.6 Å². The van der Waals surface area contributed by atoms with Crippen molar-refractivity contribution < 1.29 is 9.59 Å². The maximum absolute atomic E-state index is 12.2. The molecule has 0 aliphatic carbocycles. The van der Waals surface area contributed by atoms with E-state index in [1.807, 2.05) is 48.4 Å². The number of nitrogens with one attached hydrogen (secondary N) is 2. The molecule has 4 rings (SSSR count). The minimum absolute atomic E-state index is 0.209. The average Bonchev–Trinajstić information content (AvgIpc) is 3.16. The van der Waals surface area contributed by atoms with E-state index in [2.05, 4.69) is 15.4 Å². The quantitative estimate of drug-likeness (QED) is 0.711. The van der Waals surface area contributed by atoms with E-state index < -0.39 is 0 Å². The highest BCUT2D eigenvalue weighted by Gasteiger charge is 2.31. The zero-order valence-electron chi connectivity index (χ0n) is 12.7. The number of aromatic amines is 1. The fourth-order valence-corrected chi connectivity index (χ4v) is 3.30. The van der Waals surface area contributed by atoms with E-state index in [0.29, 0.717) is 12.8 Å². The number of imide groups is 1. The Hall–Kier alpha value is -2.89. The highest BCUT2D eigenvalue weighted by atomic mass is 16.2. The number of para-hydroxylation sites is 1. The lowest BCUT2D eigenvalue weighted by Gasteiger charge is -2.19. The van der Waals surface area contributed by atoms with Gasteiger partial charge >= 0.3 is 0 Å². The number of carbonyl (C=O) groups excluding carboxylic acids is 2. The molecule has 1 aliphatic rings. The zero-order chi connectivity index (χ0) is 16.0. The van der Waals surface area contributed by atoms with E-state index in [9.17, 15) is 9.59 Å². The number of carbonyl (C=O) groups is 2. The summed E-state index contributed by atoms with van der Waals surface area (Å²) in [7, 11) is 1.88. The van der Waals surface area contributed by atoms with Crippen LogP contribution in [0, 0.1) is 0 Å². The molecule has 2 amide bonds. The van der Waals surface area contributed by atoms with Crippen molar-refractivity contribution in [2.24, 2.45) is 7.05 Å². The van der Waals surface area contributed by atoms with Crippen LogP contribution in [0.15, 0.2) is 36.7 Å². The van der Waals surface area contributed by atoms with Crippen molar-refractivity contribution in [3.05, 3.63) is 42.4 Å². The molecule has 0 radical (unpaired) electrons. The number of benzene rings is 1. The van der Waals surface area contributed by atoms with Crippen LogP contribution in [-0.4, -0.2) is 26.6 Å². The number of H-pyrrole nitrogens is 1. The predicted octanol–water partition coefficient (Wildman–Crippen LogP) is 2.09. The lowest BCUT2D eigenvalue weighted by Crippen LogP contribution is -2.39. The average molecular weight is 308 g/mol. The SMILES string of the molecule is Cn1nc([C@H]2CCC(=O)NC2=O)c2cccc(-c3cc[nH]c3)c21. The Kier molecular flexibility index (Phi) is 3.04. The molecule has 1 fully saturated rings. The lowest BCUT2D eigenvalue weighted by atomic mass is 9.92. The summed E-state index contributed by atoms with van der Waals surface area (Å²) in [6, 6.07) is 8.01. The summed E-state index contributed by atoms with van der Waals surface area (Å²) in [5.41, 5.74) is 3.88. The predicted molar refractivity (Wildman–Crippen MR) is 85.6 cm³/mol. The van der Waals surface area contributed by atoms with Crippen molar-refractivity contribution in [2.45, 2.75) is 18.8 Å². The summed E-state index contributed by atoms with van der Waals surface area (Å²) in [5, 5.41) is 7.96. The third-order valence-corrected chi connectivity index (χ3v) is 4.37. The molecule has 0 unspecified atom stereocenters. The van der Waals surface area contributed by atoms with E-state index in [-0.39, 0.29) is 17.7 Å². The molecular weight excluding hydrogens is 292 g/mol. The lowest BCUT2D eigenvalue weighted by molar-refractivity contribution is -0.134. The number of aromatic nitrogens is 3. The van der Waals surface area contributed by atoms with Crippen LogP contribution in [0.25, 0.3) is 22.0 Å². The summed E-state index contributed by atoms with van der Waals surface area (Å²) >= 11 is 0. The summed E-state index contributed by atoms with van der Waals surface area (Å²) in [4.78, 5) is 26.6. The van der Waals surface area contributed by atoms with Gasteiger partial charge in [-0.15, -0.1) is 0 Å². The highest BCUT2D eigenvalue weighted by Crippen LogP contribution is 2.34. The molecule has 3 aromatic rings. The molecule has 1 saturated heterocycles. The number of piperidine rings is 1. The molecule has 2 aromatic heterocycles. The number of hydrogen-bond acceptors (Lipinski definition) is 3. The summed E-state index contributed by atoms with van der Waals surface area (Å²) in [6.45, 7) is 0. The molecule has 1 aromatic carbocycles. The van der Waals surface area contributed by atoms with Crippen molar-refractivity contribution >= 4 is 22.7 Å². The summed E-state index contributed by atoms with van der Waals surface area (Å²) in [6.07, 6.45) is 4.68. The number of aryl methyl sites for hydroxylation is 1. The molecule has 0 spiro atoms. The van der Waals surface area contributed by atoms with Crippen molar-refractivity contribution in [3.63, 3.8) is 0 Å². The van der Waals surface area contributed by atoms with Crippen molar-refractivity contribution in [1.29, 1.82) is 0 Å². The van der Waals surface area contributed by atoms with Crippen LogP contribution in [0.5, 0.6) is 0 Å². The van der Waals surface area contributed by atoms with Crippen LogP contribution in [0.2, 0.25) is 0 Å². The molecule has 0 bridgehead atoms. The standard InChI is InChI=1S/C17H16N4O2/c1-21-16-11(10-7-8-18-9-10)3-2-4-12(16)15(20-21)13-5-6-14(22)19-17(13)23/h2-4,7-9,13,18H,5-6H2,1H3,(H,19,22,23)/t13-/m1/s1. The second-order valence-electron chi connectivity index (χ2n) is 5.81. The molecular formula is C17H16N4O2. The van der Waals surface area contributed by atoms with Gasteiger partial charge in [0, 0.05) is 42.4 Å². The van der Waals surface area contributed by atoms with E-state index in [4.69, 9.17) is 0 Å². The van der Waals surface area contributed by atoms with Crippen LogP contribution < -0.4 is 5.32 Å². The fourth-order valence-electron chi connectivity index (χ4n) is 3.30. The Morgan fingerprint density at radius 3 is 2.87 bits per heavy atom. The van der Waals surface area contributed by atoms with Gasteiger partial charge < -0.3 is 4.98 Å². The molecule has 116 valence electrons. The summed E-state index contributed by atoms with van der Waals surface area (Å²) in [5.74, 6) is -0.842. The van der Waals surface area contributed by atoms with Gasteiger partial charge in [-0.05, 0) is 12.5 Å². The Morgan fingerprint density at radius 1 is 1.26 bits per heavy atom. The molecule has 0 saturated carbocycles. The third-order valence-electron chi connectivity index (χ3n) is 4.37. The maximum atomic E-state index is 12.2. The second-order valence-corrected chi connectivity index (χ2v) is 5.81. The van der Waals surface area contributed by atoms with Crippen LogP contribution in [0.3, 0.4) is 0 Å². The maximum Gasteiger partial charge on any atom is 0.235 e. The van der Waals surface area contributed by atoms with E-state index in [0.717, 1.165) is 27.7 Å². The first-order valence-electron chi connectivity index (χ1n) is 7.57. The van der Waals surface area contributed by atoms with Crippen molar-refractivity contribution in [3.8, 4) is 11.1 Å². The normalized spacial score (nSPS) is 18.4. The van der Waals surface area contributed by atoms with Gasteiger partial charge in [0.25, 0.3) is 0 Å². The largest absolute Gasteiger partial charge is 0.367 e. The topological polar surface area (TPSA) is 79.8 Å². The zero-order valence-corrected chi connectivity index (χ0v) is 12.7. The van der Waals surface area contributed by atoms with Gasteiger partial charge in [-0.25, -0.2) is 0 Å². The number of fused-ring (bicyclic) bond motifs is 1. The monoisotopic (exact) mass is 308 g/mol.